The van der Waals surface area contributed by atoms with Crippen LogP contribution in [0.3, 0.4) is 0 Å². The molecule has 1 aromatic heterocycles. The minimum Gasteiger partial charge on any atom is -0.325 e. The van der Waals surface area contributed by atoms with Crippen molar-refractivity contribution in [1.82, 2.24) is 15.2 Å². The van der Waals surface area contributed by atoms with Crippen molar-refractivity contribution in [2.24, 2.45) is 5.41 Å². The van der Waals surface area contributed by atoms with Crippen LogP contribution < -0.4 is 5.32 Å². The van der Waals surface area contributed by atoms with Crippen LogP contribution in [0.15, 0.2) is 29.4 Å². The van der Waals surface area contributed by atoms with E-state index >= 15 is 0 Å². The molecule has 1 N–H and O–H groups in total. The number of nitrogens with zero attached hydrogens (tertiary/aromatic N) is 3. The van der Waals surface area contributed by atoms with E-state index in [-0.39, 0.29) is 22.5 Å². The summed E-state index contributed by atoms with van der Waals surface area (Å²) in [7, 11) is 0. The number of hydrogen-bond donors (Lipinski definition) is 1. The number of nitrogens with one attached hydrogen (secondary N) is 1. The van der Waals surface area contributed by atoms with Gasteiger partial charge in [0.05, 0.1) is 17.1 Å². The van der Waals surface area contributed by atoms with Crippen molar-refractivity contribution in [3.63, 3.8) is 0 Å². The zero-order chi connectivity index (χ0) is 18.5. The van der Waals surface area contributed by atoms with Crippen molar-refractivity contribution >= 4 is 23.4 Å². The van der Waals surface area contributed by atoms with Crippen LogP contribution in [0.25, 0.3) is 0 Å². The molecule has 1 heterocycles. The summed E-state index contributed by atoms with van der Waals surface area (Å²) in [6.07, 6.45) is 2.31. The van der Waals surface area contributed by atoms with E-state index in [1.807, 2.05) is 31.2 Å². The van der Waals surface area contributed by atoms with E-state index in [1.165, 1.54) is 11.8 Å². The number of amides is 1. The van der Waals surface area contributed by atoms with Gasteiger partial charge in [-0.15, -0.1) is 5.10 Å². The number of anilines is 1. The number of carbonyl (C=O) groups excluding carboxylic acids is 1. The lowest BCUT2D eigenvalue weighted by Crippen LogP contribution is -2.32. The predicted octanol–water partition coefficient (Wildman–Crippen LogP) is 4.09. The largest absolute Gasteiger partial charge is 0.325 e. The minimum atomic E-state index is -0.0576. The van der Waals surface area contributed by atoms with Gasteiger partial charge in [-0.05, 0) is 42.9 Å². The van der Waals surface area contributed by atoms with E-state index in [4.69, 9.17) is 4.98 Å². The van der Waals surface area contributed by atoms with Gasteiger partial charge in [-0.25, -0.2) is 4.98 Å². The highest BCUT2D eigenvalue weighted by Gasteiger charge is 2.61. The lowest BCUT2D eigenvalue weighted by Gasteiger charge is -2.33. The van der Waals surface area contributed by atoms with Gasteiger partial charge in [0.1, 0.15) is 0 Å². The Labute approximate surface area is 158 Å². The molecule has 2 aliphatic carbocycles. The molecule has 2 atom stereocenters. The molecule has 0 unspecified atom stereocenters. The standard InChI is InChI=1S/C20H24N4OS/c1-12-6-5-7-13(10-12)21-15(25)11-26-18-22-17-16(23-24-18)14-8-9-20(17,4)19(14,2)3/h5-7,10,14H,8-9,11H2,1-4H3,(H,21,25)/t14-,20+/m1/s1. The summed E-state index contributed by atoms with van der Waals surface area (Å²) in [6, 6.07) is 7.78. The third-order valence-electron chi connectivity index (χ3n) is 6.41. The third-order valence-corrected chi connectivity index (χ3v) is 7.24. The Kier molecular flexibility index (Phi) is 4.06. The molecule has 2 bridgehead atoms. The molecule has 1 aromatic carbocycles. The summed E-state index contributed by atoms with van der Waals surface area (Å²) in [4.78, 5) is 17.0. The van der Waals surface area contributed by atoms with Gasteiger partial charge in [-0.2, -0.15) is 5.10 Å². The Hall–Kier alpha value is -1.95. The molecular weight excluding hydrogens is 344 g/mol. The molecule has 1 saturated carbocycles. The molecule has 1 amide bonds. The fraction of sp³-hybridized carbons (Fsp3) is 0.500. The van der Waals surface area contributed by atoms with Gasteiger partial charge in [-0.3, -0.25) is 4.79 Å². The van der Waals surface area contributed by atoms with Gasteiger partial charge >= 0.3 is 0 Å². The molecule has 0 radical (unpaired) electrons. The topological polar surface area (TPSA) is 67.8 Å². The summed E-state index contributed by atoms with van der Waals surface area (Å²) < 4.78 is 0. The number of benzene rings is 1. The van der Waals surface area contributed by atoms with Gasteiger partial charge in [0, 0.05) is 17.0 Å². The third kappa shape index (κ3) is 2.62. The highest BCUT2D eigenvalue weighted by atomic mass is 32.2. The molecule has 5 nitrogen and oxygen atoms in total. The molecule has 0 aliphatic heterocycles. The molecule has 1 fully saturated rings. The normalized spacial score (nSPS) is 25.2. The Balaban J connectivity index is 1.46. The summed E-state index contributed by atoms with van der Waals surface area (Å²) in [5, 5.41) is 12.3. The van der Waals surface area contributed by atoms with Crippen LogP contribution >= 0.6 is 11.8 Å². The van der Waals surface area contributed by atoms with Crippen molar-refractivity contribution < 1.29 is 4.79 Å². The van der Waals surface area contributed by atoms with Crippen molar-refractivity contribution in [3.05, 3.63) is 41.2 Å². The molecule has 26 heavy (non-hydrogen) atoms. The first-order valence-corrected chi connectivity index (χ1v) is 10.0. The molecule has 0 saturated heterocycles. The number of aryl methyl sites for hydroxylation is 1. The minimum absolute atomic E-state index is 0.0576. The van der Waals surface area contributed by atoms with Gasteiger partial charge in [0.2, 0.25) is 11.1 Å². The first-order valence-electron chi connectivity index (χ1n) is 9.06. The van der Waals surface area contributed by atoms with Gasteiger partial charge < -0.3 is 5.32 Å². The molecule has 2 aromatic rings. The fourth-order valence-corrected chi connectivity index (χ4v) is 5.06. The van der Waals surface area contributed by atoms with Crippen LogP contribution in [-0.4, -0.2) is 26.8 Å². The Morgan fingerprint density at radius 2 is 2.12 bits per heavy atom. The quantitative estimate of drug-likeness (QED) is 0.824. The van der Waals surface area contributed by atoms with E-state index < -0.39 is 0 Å². The maximum absolute atomic E-state index is 12.2. The average molecular weight is 369 g/mol. The van der Waals surface area contributed by atoms with E-state index in [2.05, 4.69) is 36.3 Å². The second-order valence-corrected chi connectivity index (χ2v) is 9.12. The molecule has 4 rings (SSSR count). The Bertz CT molecular complexity index is 882. The summed E-state index contributed by atoms with van der Waals surface area (Å²) in [5.41, 5.74) is 4.32. The number of carbonyl (C=O) groups is 1. The monoisotopic (exact) mass is 368 g/mol. The maximum atomic E-state index is 12.2. The first kappa shape index (κ1) is 17.5. The summed E-state index contributed by atoms with van der Waals surface area (Å²) in [5.74, 6) is 0.668. The average Bonchev–Trinajstić information content (AvgIpc) is 2.92. The smallest absolute Gasteiger partial charge is 0.234 e. The Morgan fingerprint density at radius 1 is 1.31 bits per heavy atom. The molecule has 136 valence electrons. The second kappa shape index (κ2) is 6.05. The van der Waals surface area contributed by atoms with Crippen LogP contribution in [0.4, 0.5) is 5.69 Å². The van der Waals surface area contributed by atoms with Crippen molar-refractivity contribution in [1.29, 1.82) is 0 Å². The first-order chi connectivity index (χ1) is 12.3. The van der Waals surface area contributed by atoms with Crippen LogP contribution in [0.5, 0.6) is 0 Å². The number of hydrogen-bond acceptors (Lipinski definition) is 5. The maximum Gasteiger partial charge on any atom is 0.234 e. The van der Waals surface area contributed by atoms with Crippen LogP contribution in [-0.2, 0) is 10.2 Å². The van der Waals surface area contributed by atoms with E-state index in [0.29, 0.717) is 11.1 Å². The zero-order valence-corrected chi connectivity index (χ0v) is 16.5. The van der Waals surface area contributed by atoms with Crippen molar-refractivity contribution in [2.75, 3.05) is 11.1 Å². The van der Waals surface area contributed by atoms with Gasteiger partial charge in [-0.1, -0.05) is 44.7 Å². The summed E-state index contributed by atoms with van der Waals surface area (Å²) in [6.45, 7) is 8.93. The Morgan fingerprint density at radius 3 is 2.88 bits per heavy atom. The SMILES string of the molecule is Cc1cccc(NC(=O)CSc2nnc3c(n2)[C@]2(C)CC[C@H]3C2(C)C)c1. The zero-order valence-electron chi connectivity index (χ0n) is 15.7. The summed E-state index contributed by atoms with van der Waals surface area (Å²) >= 11 is 1.35. The molecular formula is C20H24N4OS. The molecule has 2 aliphatic rings. The number of rotatable bonds is 4. The van der Waals surface area contributed by atoms with E-state index in [9.17, 15) is 4.79 Å². The van der Waals surface area contributed by atoms with Crippen molar-refractivity contribution in [3.8, 4) is 0 Å². The lowest BCUT2D eigenvalue weighted by atomic mass is 9.70. The number of aromatic nitrogens is 3. The highest BCUT2D eigenvalue weighted by molar-refractivity contribution is 7.99. The fourth-order valence-electron chi connectivity index (χ4n) is 4.47. The van der Waals surface area contributed by atoms with Crippen LogP contribution in [0.1, 0.15) is 56.5 Å². The van der Waals surface area contributed by atoms with Crippen LogP contribution in [0.2, 0.25) is 0 Å². The van der Waals surface area contributed by atoms with Gasteiger partial charge in [0.15, 0.2) is 0 Å². The van der Waals surface area contributed by atoms with Crippen LogP contribution in [0, 0.1) is 12.3 Å². The second-order valence-electron chi connectivity index (χ2n) is 8.18. The molecule has 6 heteroatoms. The van der Waals surface area contributed by atoms with Gasteiger partial charge in [0.25, 0.3) is 0 Å². The highest BCUT2D eigenvalue weighted by Crippen LogP contribution is 2.66. The van der Waals surface area contributed by atoms with E-state index in [0.717, 1.165) is 35.5 Å². The number of thioether (sulfide) groups is 1. The predicted molar refractivity (Wildman–Crippen MR) is 103 cm³/mol. The van der Waals surface area contributed by atoms with Crippen molar-refractivity contribution in [2.45, 2.75) is 57.0 Å². The molecule has 0 spiro atoms. The van der Waals surface area contributed by atoms with E-state index in [1.54, 1.807) is 0 Å². The number of fused-ring (bicyclic) bond motifs is 5. The lowest BCUT2D eigenvalue weighted by molar-refractivity contribution is -0.113.